The van der Waals surface area contributed by atoms with E-state index in [4.69, 9.17) is 4.74 Å². The van der Waals surface area contributed by atoms with Crippen LogP contribution in [0.1, 0.15) is 0 Å². The first-order valence-corrected chi connectivity index (χ1v) is 6.58. The maximum absolute atomic E-state index is 5.46. The van der Waals surface area contributed by atoms with E-state index in [0.717, 1.165) is 33.1 Å². The van der Waals surface area contributed by atoms with Gasteiger partial charge in [-0.15, -0.1) is 0 Å². The van der Waals surface area contributed by atoms with E-state index in [2.05, 4.69) is 26.0 Å². The molecule has 0 fully saturated rings. The Hall–Kier alpha value is -2.95. The average molecular weight is 276 g/mol. The number of methoxy groups -OCH3 is 1. The number of hydrogen-bond acceptors (Lipinski definition) is 4. The summed E-state index contributed by atoms with van der Waals surface area (Å²) in [6, 6.07) is 10.0. The number of para-hydroxylation sites is 1. The Kier molecular flexibility index (Phi) is 2.57. The number of aromatic nitrogens is 4. The van der Waals surface area contributed by atoms with Crippen LogP contribution in [-0.4, -0.2) is 27.0 Å². The Labute approximate surface area is 120 Å². The molecular formula is C16H12N4O. The molecule has 0 saturated carbocycles. The van der Waals surface area contributed by atoms with Crippen LogP contribution in [0.25, 0.3) is 33.1 Å². The van der Waals surface area contributed by atoms with Crippen LogP contribution in [0.15, 0.2) is 49.1 Å². The third kappa shape index (κ3) is 1.82. The zero-order valence-electron chi connectivity index (χ0n) is 11.4. The topological polar surface area (TPSA) is 63.7 Å². The summed E-state index contributed by atoms with van der Waals surface area (Å²) in [5.74, 6) is 0.575. The zero-order valence-corrected chi connectivity index (χ0v) is 11.4. The van der Waals surface area contributed by atoms with E-state index in [0.29, 0.717) is 5.88 Å². The lowest BCUT2D eigenvalue weighted by Gasteiger charge is -2.09. The largest absolute Gasteiger partial charge is 0.481 e. The summed E-state index contributed by atoms with van der Waals surface area (Å²) in [7, 11) is 1.62. The highest BCUT2D eigenvalue weighted by atomic mass is 16.5. The van der Waals surface area contributed by atoms with Gasteiger partial charge in [-0.25, -0.2) is 9.97 Å². The summed E-state index contributed by atoms with van der Waals surface area (Å²) in [5, 5.41) is 1.06. The van der Waals surface area contributed by atoms with Gasteiger partial charge in [-0.05, 0) is 12.1 Å². The summed E-state index contributed by atoms with van der Waals surface area (Å²) >= 11 is 0. The van der Waals surface area contributed by atoms with Crippen LogP contribution in [0.4, 0.5) is 0 Å². The molecule has 1 aromatic carbocycles. The molecule has 0 aliphatic carbocycles. The van der Waals surface area contributed by atoms with Gasteiger partial charge in [0.25, 0.3) is 0 Å². The van der Waals surface area contributed by atoms with Crippen molar-refractivity contribution in [2.24, 2.45) is 0 Å². The van der Waals surface area contributed by atoms with Crippen LogP contribution in [0.2, 0.25) is 0 Å². The smallest absolute Gasteiger partial charge is 0.221 e. The number of pyridine rings is 2. The lowest BCUT2D eigenvalue weighted by molar-refractivity contribution is 0.401. The van der Waals surface area contributed by atoms with E-state index in [-0.39, 0.29) is 0 Å². The van der Waals surface area contributed by atoms with Gasteiger partial charge in [0.15, 0.2) is 0 Å². The molecule has 1 N–H and O–H groups in total. The summed E-state index contributed by atoms with van der Waals surface area (Å²) in [4.78, 5) is 16.3. The minimum atomic E-state index is 0.575. The summed E-state index contributed by atoms with van der Waals surface area (Å²) in [6.07, 6.45) is 5.21. The quantitative estimate of drug-likeness (QED) is 0.610. The fraction of sp³-hybridized carbons (Fsp3) is 0.0625. The monoisotopic (exact) mass is 276 g/mol. The standard InChI is InChI=1S/C16H12N4O/c1-21-16-11(6-10-4-2-3-5-13(10)20-16)12-7-17-8-14-15(12)19-9-18-14/h2-9H,1H3,(H,18,19). The lowest BCUT2D eigenvalue weighted by atomic mass is 10.1. The maximum atomic E-state index is 5.46. The molecule has 0 spiro atoms. The third-order valence-corrected chi connectivity index (χ3v) is 3.50. The summed E-state index contributed by atoms with van der Waals surface area (Å²) in [6.45, 7) is 0. The Morgan fingerprint density at radius 1 is 1.10 bits per heavy atom. The SMILES string of the molecule is COc1nc2ccccc2cc1-c1cncc2[nH]cnc12. The Balaban J connectivity index is 2.07. The normalized spacial score (nSPS) is 11.1. The Morgan fingerprint density at radius 2 is 2.00 bits per heavy atom. The second kappa shape index (κ2) is 4.56. The molecule has 0 atom stereocenters. The van der Waals surface area contributed by atoms with Crippen molar-refractivity contribution in [3.05, 3.63) is 49.1 Å². The van der Waals surface area contributed by atoms with Crippen molar-refractivity contribution in [2.45, 2.75) is 0 Å². The van der Waals surface area contributed by atoms with Crippen LogP contribution in [0.3, 0.4) is 0 Å². The van der Waals surface area contributed by atoms with E-state index >= 15 is 0 Å². The van der Waals surface area contributed by atoms with Crippen molar-refractivity contribution in [3.8, 4) is 17.0 Å². The molecule has 5 nitrogen and oxygen atoms in total. The van der Waals surface area contributed by atoms with Gasteiger partial charge in [0.2, 0.25) is 5.88 Å². The molecule has 0 radical (unpaired) electrons. The first kappa shape index (κ1) is 11.8. The third-order valence-electron chi connectivity index (χ3n) is 3.50. The number of imidazole rings is 1. The van der Waals surface area contributed by atoms with Gasteiger partial charge >= 0.3 is 0 Å². The second-order valence-corrected chi connectivity index (χ2v) is 4.72. The first-order valence-electron chi connectivity index (χ1n) is 6.58. The number of aromatic amines is 1. The molecule has 4 aromatic rings. The molecule has 5 heteroatoms. The summed E-state index contributed by atoms with van der Waals surface area (Å²) in [5.41, 5.74) is 4.45. The van der Waals surface area contributed by atoms with Crippen molar-refractivity contribution in [3.63, 3.8) is 0 Å². The van der Waals surface area contributed by atoms with Crippen molar-refractivity contribution in [1.82, 2.24) is 19.9 Å². The van der Waals surface area contributed by atoms with Crippen LogP contribution < -0.4 is 4.74 Å². The van der Waals surface area contributed by atoms with Crippen molar-refractivity contribution in [1.29, 1.82) is 0 Å². The molecule has 3 aromatic heterocycles. The average Bonchev–Trinajstić information content (AvgIpc) is 3.02. The molecule has 0 unspecified atom stereocenters. The molecular weight excluding hydrogens is 264 g/mol. The van der Waals surface area contributed by atoms with Gasteiger partial charge in [-0.1, -0.05) is 18.2 Å². The fourth-order valence-electron chi connectivity index (χ4n) is 2.51. The molecule has 0 saturated heterocycles. The van der Waals surface area contributed by atoms with Gasteiger partial charge in [-0.2, -0.15) is 0 Å². The Bertz CT molecular complexity index is 945. The second-order valence-electron chi connectivity index (χ2n) is 4.72. The fourth-order valence-corrected chi connectivity index (χ4v) is 2.51. The molecule has 0 bridgehead atoms. The van der Waals surface area contributed by atoms with Crippen LogP contribution in [0.5, 0.6) is 5.88 Å². The van der Waals surface area contributed by atoms with E-state index in [1.54, 1.807) is 25.8 Å². The number of rotatable bonds is 2. The minimum absolute atomic E-state index is 0.575. The summed E-state index contributed by atoms with van der Waals surface area (Å²) < 4.78 is 5.46. The highest BCUT2D eigenvalue weighted by molar-refractivity contribution is 5.95. The highest BCUT2D eigenvalue weighted by Crippen LogP contribution is 2.34. The van der Waals surface area contributed by atoms with E-state index in [1.165, 1.54) is 0 Å². The van der Waals surface area contributed by atoms with Crippen molar-refractivity contribution in [2.75, 3.05) is 7.11 Å². The molecule has 4 rings (SSSR count). The molecule has 21 heavy (non-hydrogen) atoms. The number of hydrogen-bond donors (Lipinski definition) is 1. The molecule has 0 aliphatic heterocycles. The highest BCUT2D eigenvalue weighted by Gasteiger charge is 2.14. The van der Waals surface area contributed by atoms with Gasteiger partial charge in [0.1, 0.15) is 0 Å². The number of benzene rings is 1. The number of ether oxygens (including phenoxy) is 1. The first-order chi connectivity index (χ1) is 10.4. The maximum Gasteiger partial charge on any atom is 0.221 e. The lowest BCUT2D eigenvalue weighted by Crippen LogP contribution is -1.94. The van der Waals surface area contributed by atoms with Crippen molar-refractivity contribution >= 4 is 21.9 Å². The van der Waals surface area contributed by atoms with Crippen LogP contribution in [-0.2, 0) is 0 Å². The zero-order chi connectivity index (χ0) is 14.2. The van der Waals surface area contributed by atoms with E-state index in [9.17, 15) is 0 Å². The van der Waals surface area contributed by atoms with Crippen LogP contribution in [0, 0.1) is 0 Å². The molecule has 0 amide bonds. The predicted molar refractivity (Wildman–Crippen MR) is 81.2 cm³/mol. The van der Waals surface area contributed by atoms with Gasteiger partial charge < -0.3 is 9.72 Å². The molecule has 102 valence electrons. The van der Waals surface area contributed by atoms with E-state index < -0.39 is 0 Å². The Morgan fingerprint density at radius 3 is 2.90 bits per heavy atom. The van der Waals surface area contributed by atoms with E-state index in [1.807, 2.05) is 24.3 Å². The molecule has 0 aliphatic rings. The number of fused-ring (bicyclic) bond motifs is 2. The van der Waals surface area contributed by atoms with Gasteiger partial charge in [-0.3, -0.25) is 4.98 Å². The number of nitrogens with one attached hydrogen (secondary N) is 1. The van der Waals surface area contributed by atoms with Gasteiger partial charge in [0, 0.05) is 22.7 Å². The van der Waals surface area contributed by atoms with Gasteiger partial charge in [0.05, 0.1) is 36.2 Å². The number of nitrogens with zero attached hydrogens (tertiary/aromatic N) is 3. The van der Waals surface area contributed by atoms with Crippen molar-refractivity contribution < 1.29 is 4.74 Å². The molecule has 3 heterocycles. The minimum Gasteiger partial charge on any atom is -0.481 e. The van der Waals surface area contributed by atoms with Crippen LogP contribution >= 0.6 is 0 Å². The predicted octanol–water partition coefficient (Wildman–Crippen LogP) is 3.18. The number of H-pyrrole nitrogens is 1.